The molecule has 0 saturated heterocycles. The van der Waals surface area contributed by atoms with Crippen LogP contribution >= 0.6 is 0 Å². The van der Waals surface area contributed by atoms with Crippen LogP contribution in [-0.4, -0.2) is 10.8 Å². The van der Waals surface area contributed by atoms with Crippen LogP contribution in [0.25, 0.3) is 0 Å². The van der Waals surface area contributed by atoms with Crippen molar-refractivity contribution in [2.45, 2.75) is 26.2 Å². The van der Waals surface area contributed by atoms with Crippen LogP contribution in [0.3, 0.4) is 0 Å². The number of nitro benzene ring substituents is 1. The third kappa shape index (κ3) is 2.24. The molecule has 1 aliphatic rings. The van der Waals surface area contributed by atoms with Gasteiger partial charge in [0.15, 0.2) is 0 Å². The molecule has 0 aliphatic carbocycles. The van der Waals surface area contributed by atoms with Gasteiger partial charge in [-0.05, 0) is 30.5 Å². The largest absolute Gasteiger partial charge is 0.326 e. The predicted octanol–water partition coefficient (Wildman–Crippen LogP) is 3.69. The number of hydrogen-bond acceptors (Lipinski definition) is 3. The molecule has 1 amide bonds. The number of rotatable bonds is 2. The normalized spacial score (nSPS) is 16.8. The molecular weight excluding hydrogens is 280 g/mol. The van der Waals surface area contributed by atoms with Gasteiger partial charge in [-0.2, -0.15) is 0 Å². The molecular formula is C17H16N2O3. The van der Waals surface area contributed by atoms with Crippen molar-refractivity contribution < 1.29 is 9.72 Å². The first kappa shape index (κ1) is 14.3. The summed E-state index contributed by atoms with van der Waals surface area (Å²) < 4.78 is 0. The Bertz CT molecular complexity index is 783. The minimum atomic E-state index is -0.386. The number of aryl methyl sites for hydroxylation is 1. The number of carbonyl (C=O) groups is 1. The number of anilines is 1. The van der Waals surface area contributed by atoms with Gasteiger partial charge in [0.05, 0.1) is 4.92 Å². The van der Waals surface area contributed by atoms with E-state index in [1.807, 2.05) is 26.0 Å². The summed E-state index contributed by atoms with van der Waals surface area (Å²) in [6.45, 7) is 3.94. The lowest BCUT2D eigenvalue weighted by atomic mass is 9.82. The van der Waals surface area contributed by atoms with Crippen molar-refractivity contribution >= 4 is 17.3 Å². The molecule has 1 unspecified atom stereocenters. The van der Waals surface area contributed by atoms with Gasteiger partial charge >= 0.3 is 0 Å². The number of nitrogens with one attached hydrogen (secondary N) is 1. The van der Waals surface area contributed by atoms with Crippen LogP contribution in [0.2, 0.25) is 0 Å². The van der Waals surface area contributed by atoms with Gasteiger partial charge in [-0.1, -0.05) is 30.3 Å². The zero-order valence-corrected chi connectivity index (χ0v) is 12.4. The van der Waals surface area contributed by atoms with Gasteiger partial charge in [0.25, 0.3) is 5.69 Å². The zero-order chi connectivity index (χ0) is 15.9. The van der Waals surface area contributed by atoms with Gasteiger partial charge in [-0.15, -0.1) is 0 Å². The second-order valence-electron chi connectivity index (χ2n) is 5.59. The molecule has 0 bridgehead atoms. The molecule has 2 aromatic carbocycles. The van der Waals surface area contributed by atoms with Crippen molar-refractivity contribution in [3.05, 3.63) is 68.8 Å². The third-order valence-electron chi connectivity index (χ3n) is 4.31. The maximum absolute atomic E-state index is 12.1. The van der Waals surface area contributed by atoms with E-state index in [0.717, 1.165) is 22.4 Å². The first-order valence-electron chi connectivity index (χ1n) is 7.12. The van der Waals surface area contributed by atoms with E-state index >= 15 is 0 Å². The Labute approximate surface area is 128 Å². The highest BCUT2D eigenvalue weighted by atomic mass is 16.6. The molecule has 3 rings (SSSR count). The van der Waals surface area contributed by atoms with E-state index in [2.05, 4.69) is 5.32 Å². The van der Waals surface area contributed by atoms with E-state index in [4.69, 9.17) is 0 Å². The third-order valence-corrected chi connectivity index (χ3v) is 4.31. The Morgan fingerprint density at radius 3 is 2.59 bits per heavy atom. The Morgan fingerprint density at radius 1 is 1.14 bits per heavy atom. The van der Waals surface area contributed by atoms with Crippen molar-refractivity contribution in [3.8, 4) is 0 Å². The molecule has 1 aliphatic heterocycles. The molecule has 0 radical (unpaired) electrons. The predicted molar refractivity (Wildman–Crippen MR) is 84.1 cm³/mol. The molecule has 5 heteroatoms. The Morgan fingerprint density at radius 2 is 1.86 bits per heavy atom. The highest BCUT2D eigenvalue weighted by molar-refractivity contribution is 5.96. The number of amides is 1. The number of hydrogen-bond donors (Lipinski definition) is 1. The van der Waals surface area contributed by atoms with E-state index in [-0.39, 0.29) is 28.9 Å². The first-order valence-corrected chi connectivity index (χ1v) is 7.12. The second kappa shape index (κ2) is 5.26. The van der Waals surface area contributed by atoms with Gasteiger partial charge < -0.3 is 5.32 Å². The molecule has 2 aromatic rings. The van der Waals surface area contributed by atoms with Gasteiger partial charge in [0.2, 0.25) is 5.91 Å². The fraction of sp³-hybridized carbons (Fsp3) is 0.235. The van der Waals surface area contributed by atoms with Crippen LogP contribution in [-0.2, 0) is 4.79 Å². The lowest BCUT2D eigenvalue weighted by molar-refractivity contribution is -0.385. The van der Waals surface area contributed by atoms with Crippen LogP contribution < -0.4 is 5.32 Å². The van der Waals surface area contributed by atoms with Crippen molar-refractivity contribution in [2.24, 2.45) is 0 Å². The summed E-state index contributed by atoms with van der Waals surface area (Å²) in [6, 6.07) is 10.6. The summed E-state index contributed by atoms with van der Waals surface area (Å²) in [5, 5.41) is 14.2. The lowest BCUT2D eigenvalue weighted by Crippen LogP contribution is -2.25. The number of fused-ring (bicyclic) bond motifs is 1. The first-order chi connectivity index (χ1) is 10.5. The number of nitrogens with zero attached hydrogens (tertiary/aromatic N) is 1. The SMILES string of the molecule is Cc1ccc2c(c1C)NC(=O)CC2c1ccccc1[N+](=O)[O-]. The maximum atomic E-state index is 12.1. The number of carbonyl (C=O) groups excluding carboxylic acids is 1. The molecule has 112 valence electrons. The average Bonchev–Trinajstić information content (AvgIpc) is 2.50. The average molecular weight is 296 g/mol. The second-order valence-corrected chi connectivity index (χ2v) is 5.59. The smallest absolute Gasteiger partial charge is 0.273 e. The van der Waals surface area contributed by atoms with E-state index in [1.54, 1.807) is 18.2 Å². The number of para-hydroxylation sites is 1. The van der Waals surface area contributed by atoms with Crippen molar-refractivity contribution in [2.75, 3.05) is 5.32 Å². The van der Waals surface area contributed by atoms with Gasteiger partial charge in [0.1, 0.15) is 0 Å². The maximum Gasteiger partial charge on any atom is 0.273 e. The fourth-order valence-electron chi connectivity index (χ4n) is 3.00. The highest BCUT2D eigenvalue weighted by Crippen LogP contribution is 2.42. The van der Waals surface area contributed by atoms with Crippen LogP contribution in [0.4, 0.5) is 11.4 Å². The minimum Gasteiger partial charge on any atom is -0.326 e. The summed E-state index contributed by atoms with van der Waals surface area (Å²) in [6.07, 6.45) is 0.223. The van der Waals surface area contributed by atoms with E-state index in [1.165, 1.54) is 6.07 Å². The molecule has 1 N–H and O–H groups in total. The van der Waals surface area contributed by atoms with E-state index < -0.39 is 0 Å². The van der Waals surface area contributed by atoms with E-state index in [9.17, 15) is 14.9 Å². The van der Waals surface area contributed by atoms with Crippen molar-refractivity contribution in [1.29, 1.82) is 0 Å². The quantitative estimate of drug-likeness (QED) is 0.678. The van der Waals surface area contributed by atoms with Crippen LogP contribution in [0, 0.1) is 24.0 Å². The minimum absolute atomic E-state index is 0.0615. The summed E-state index contributed by atoms with van der Waals surface area (Å²) in [4.78, 5) is 23.0. The van der Waals surface area contributed by atoms with Crippen LogP contribution in [0.1, 0.15) is 34.6 Å². The van der Waals surface area contributed by atoms with Gasteiger partial charge in [-0.25, -0.2) is 0 Å². The zero-order valence-electron chi connectivity index (χ0n) is 12.4. The monoisotopic (exact) mass is 296 g/mol. The molecule has 5 nitrogen and oxygen atoms in total. The Hall–Kier alpha value is -2.69. The standard InChI is InChI=1S/C17H16N2O3/c1-10-7-8-13-14(9-16(20)18-17(13)11(10)2)12-5-3-4-6-15(12)19(21)22/h3-8,14H,9H2,1-2H3,(H,18,20). The number of benzene rings is 2. The Kier molecular flexibility index (Phi) is 3.41. The molecule has 1 atom stereocenters. The van der Waals surface area contributed by atoms with E-state index in [0.29, 0.717) is 5.56 Å². The van der Waals surface area contributed by atoms with Crippen LogP contribution in [0.15, 0.2) is 36.4 Å². The Balaban J connectivity index is 2.21. The molecule has 22 heavy (non-hydrogen) atoms. The molecule has 0 fully saturated rings. The molecule has 1 heterocycles. The topological polar surface area (TPSA) is 72.2 Å². The lowest BCUT2D eigenvalue weighted by Gasteiger charge is -2.27. The molecule has 0 spiro atoms. The summed E-state index contributed by atoms with van der Waals surface area (Å²) in [5.41, 5.74) is 4.48. The summed E-state index contributed by atoms with van der Waals surface area (Å²) in [7, 11) is 0. The van der Waals surface area contributed by atoms with Crippen LogP contribution in [0.5, 0.6) is 0 Å². The van der Waals surface area contributed by atoms with Crippen molar-refractivity contribution in [3.63, 3.8) is 0 Å². The fourth-order valence-corrected chi connectivity index (χ4v) is 3.00. The highest BCUT2D eigenvalue weighted by Gasteiger charge is 2.31. The summed E-state index contributed by atoms with van der Waals surface area (Å²) >= 11 is 0. The van der Waals surface area contributed by atoms with Gasteiger partial charge in [-0.3, -0.25) is 14.9 Å². The van der Waals surface area contributed by atoms with Gasteiger partial charge in [0, 0.05) is 29.7 Å². The summed E-state index contributed by atoms with van der Waals surface area (Å²) in [5.74, 6) is -0.394. The molecule has 0 aromatic heterocycles. The van der Waals surface area contributed by atoms with Crippen molar-refractivity contribution in [1.82, 2.24) is 0 Å². The molecule has 0 saturated carbocycles. The number of nitro groups is 1.